The van der Waals surface area contributed by atoms with Gasteiger partial charge in [0.05, 0.1) is 18.1 Å². The minimum atomic E-state index is 0.277. The van der Waals surface area contributed by atoms with Crippen LogP contribution in [0, 0.1) is 5.92 Å². The van der Waals surface area contributed by atoms with E-state index in [-0.39, 0.29) is 6.10 Å². The summed E-state index contributed by atoms with van der Waals surface area (Å²) in [5.74, 6) is 1.68. The Labute approximate surface area is 167 Å². The van der Waals surface area contributed by atoms with Gasteiger partial charge in [-0.05, 0) is 37.4 Å². The molecule has 4 saturated heterocycles. The van der Waals surface area contributed by atoms with Crippen LogP contribution in [0.5, 0.6) is 5.75 Å². The summed E-state index contributed by atoms with van der Waals surface area (Å²) in [6, 6.07) is 13.5. The molecule has 0 spiro atoms. The van der Waals surface area contributed by atoms with Gasteiger partial charge in [-0.2, -0.15) is 0 Å². The van der Waals surface area contributed by atoms with Gasteiger partial charge < -0.3 is 19.9 Å². The summed E-state index contributed by atoms with van der Waals surface area (Å²) in [5.41, 5.74) is 2.53. The quantitative estimate of drug-likeness (QED) is 0.884. The van der Waals surface area contributed by atoms with E-state index in [0.29, 0.717) is 6.04 Å². The number of para-hydroxylation sites is 1. The van der Waals surface area contributed by atoms with Crippen molar-refractivity contribution in [1.82, 2.24) is 10.3 Å². The number of anilines is 2. The Bertz CT molecular complexity index is 771. The SMILES string of the molecule is c1ccc(N2CCC(Oc3cncc(N4CC5CCC4CNC5)c3)CC2)cc1. The number of ether oxygens (including phenoxy) is 1. The molecule has 2 aromatic rings. The summed E-state index contributed by atoms with van der Waals surface area (Å²) in [6.45, 7) is 5.46. The normalized spacial score (nSPS) is 25.6. The lowest BCUT2D eigenvalue weighted by atomic mass is 9.94. The van der Waals surface area contributed by atoms with Crippen LogP contribution in [0.1, 0.15) is 25.7 Å². The molecule has 2 atom stereocenters. The van der Waals surface area contributed by atoms with E-state index in [4.69, 9.17) is 4.74 Å². The molecule has 1 aromatic carbocycles. The number of pyridine rings is 1. The number of aromatic nitrogens is 1. The van der Waals surface area contributed by atoms with Crippen LogP contribution in [-0.4, -0.2) is 49.9 Å². The van der Waals surface area contributed by atoms with Crippen molar-refractivity contribution in [3.8, 4) is 5.75 Å². The molecular formula is C23H30N4O. The monoisotopic (exact) mass is 378 g/mol. The molecule has 2 bridgehead atoms. The van der Waals surface area contributed by atoms with Gasteiger partial charge >= 0.3 is 0 Å². The average Bonchev–Trinajstić information content (AvgIpc) is 3.11. The number of nitrogens with one attached hydrogen (secondary N) is 1. The standard InChI is InChI=1S/C23H30N4O/c1-2-4-19(5-3-1)26-10-8-22(9-11-26)28-23-12-21(15-25-16-23)27-17-18-6-7-20(27)14-24-13-18/h1-5,12,15-16,18,20,22,24H,6-11,13-14,17H2. The summed E-state index contributed by atoms with van der Waals surface area (Å²) in [6.07, 6.45) is 8.89. The van der Waals surface area contributed by atoms with Crippen LogP contribution in [0.2, 0.25) is 0 Å². The number of fused-ring (bicyclic) bond motifs is 4. The Balaban J connectivity index is 1.22. The fourth-order valence-electron chi connectivity index (χ4n) is 4.94. The van der Waals surface area contributed by atoms with E-state index in [1.807, 2.05) is 12.4 Å². The third kappa shape index (κ3) is 3.81. The number of hydrogen-bond donors (Lipinski definition) is 1. The first-order valence-corrected chi connectivity index (χ1v) is 10.7. The predicted octanol–water partition coefficient (Wildman–Crippen LogP) is 3.32. The Morgan fingerprint density at radius 2 is 1.79 bits per heavy atom. The van der Waals surface area contributed by atoms with Crippen LogP contribution >= 0.6 is 0 Å². The Hall–Kier alpha value is -2.27. The largest absolute Gasteiger partial charge is 0.489 e. The first-order valence-electron chi connectivity index (χ1n) is 10.7. The highest BCUT2D eigenvalue weighted by Crippen LogP contribution is 2.31. The molecular weight excluding hydrogens is 348 g/mol. The third-order valence-electron chi connectivity index (χ3n) is 6.51. The summed E-state index contributed by atoms with van der Waals surface area (Å²) in [4.78, 5) is 9.51. The molecule has 5 nitrogen and oxygen atoms in total. The van der Waals surface area contributed by atoms with Gasteiger partial charge in [0.15, 0.2) is 0 Å². The molecule has 0 amide bonds. The first kappa shape index (κ1) is 17.8. The molecule has 1 N–H and O–H groups in total. The van der Waals surface area contributed by atoms with E-state index in [2.05, 4.69) is 56.5 Å². The van der Waals surface area contributed by atoms with E-state index >= 15 is 0 Å². The highest BCUT2D eigenvalue weighted by atomic mass is 16.5. The van der Waals surface area contributed by atoms with Crippen LogP contribution in [0.25, 0.3) is 0 Å². The summed E-state index contributed by atoms with van der Waals surface area (Å²) >= 11 is 0. The molecule has 5 heterocycles. The van der Waals surface area contributed by atoms with Gasteiger partial charge in [-0.1, -0.05) is 18.2 Å². The van der Waals surface area contributed by atoms with E-state index in [1.54, 1.807) is 0 Å². The van der Waals surface area contributed by atoms with Crippen LogP contribution in [0.15, 0.2) is 48.8 Å². The maximum Gasteiger partial charge on any atom is 0.140 e. The topological polar surface area (TPSA) is 40.6 Å². The molecule has 0 aliphatic carbocycles. The van der Waals surface area contributed by atoms with Gasteiger partial charge in [0.25, 0.3) is 0 Å². The van der Waals surface area contributed by atoms with Gasteiger partial charge in [0.1, 0.15) is 11.9 Å². The van der Waals surface area contributed by atoms with Crippen molar-refractivity contribution in [1.29, 1.82) is 0 Å². The molecule has 6 rings (SSSR count). The van der Waals surface area contributed by atoms with Crippen LogP contribution in [0.3, 0.4) is 0 Å². The van der Waals surface area contributed by atoms with E-state index in [1.165, 1.54) is 24.2 Å². The molecule has 2 unspecified atom stereocenters. The maximum atomic E-state index is 6.35. The first-order chi connectivity index (χ1) is 13.8. The Morgan fingerprint density at radius 1 is 0.929 bits per heavy atom. The van der Waals surface area contributed by atoms with E-state index in [0.717, 1.165) is 57.2 Å². The van der Waals surface area contributed by atoms with Crippen LogP contribution < -0.4 is 19.9 Å². The van der Waals surface area contributed by atoms with Crippen LogP contribution in [-0.2, 0) is 0 Å². The zero-order chi connectivity index (χ0) is 18.8. The number of benzene rings is 1. The van der Waals surface area contributed by atoms with Gasteiger partial charge in [-0.25, -0.2) is 0 Å². The van der Waals surface area contributed by atoms with Crippen molar-refractivity contribution < 1.29 is 4.74 Å². The second-order valence-corrected chi connectivity index (χ2v) is 8.43. The van der Waals surface area contributed by atoms with Gasteiger partial charge in [-0.15, -0.1) is 0 Å². The lowest BCUT2D eigenvalue weighted by Crippen LogP contribution is -2.43. The van der Waals surface area contributed by atoms with E-state index < -0.39 is 0 Å². The molecule has 4 aliphatic rings. The number of nitrogens with zero attached hydrogens (tertiary/aromatic N) is 3. The predicted molar refractivity (Wildman–Crippen MR) is 113 cm³/mol. The summed E-state index contributed by atoms with van der Waals surface area (Å²) in [7, 11) is 0. The molecule has 0 saturated carbocycles. The summed E-state index contributed by atoms with van der Waals surface area (Å²) in [5, 5.41) is 3.61. The third-order valence-corrected chi connectivity index (χ3v) is 6.51. The fraction of sp³-hybridized carbons (Fsp3) is 0.522. The molecule has 4 fully saturated rings. The second-order valence-electron chi connectivity index (χ2n) is 8.43. The zero-order valence-corrected chi connectivity index (χ0v) is 16.5. The fourth-order valence-corrected chi connectivity index (χ4v) is 4.94. The molecule has 0 radical (unpaired) electrons. The minimum Gasteiger partial charge on any atom is -0.489 e. The molecule has 1 aromatic heterocycles. The van der Waals surface area contributed by atoms with Crippen LogP contribution in [0.4, 0.5) is 11.4 Å². The molecule has 28 heavy (non-hydrogen) atoms. The molecule has 4 aliphatic heterocycles. The number of rotatable bonds is 4. The lowest BCUT2D eigenvalue weighted by molar-refractivity contribution is 0.170. The minimum absolute atomic E-state index is 0.277. The molecule has 5 heteroatoms. The van der Waals surface area contributed by atoms with Gasteiger partial charge in [-0.3, -0.25) is 4.98 Å². The highest BCUT2D eigenvalue weighted by Gasteiger charge is 2.31. The molecule has 148 valence electrons. The van der Waals surface area contributed by atoms with Gasteiger partial charge in [0, 0.05) is 56.8 Å². The Morgan fingerprint density at radius 3 is 2.64 bits per heavy atom. The van der Waals surface area contributed by atoms with Crippen molar-refractivity contribution in [2.75, 3.05) is 42.5 Å². The number of piperidine rings is 2. The zero-order valence-electron chi connectivity index (χ0n) is 16.5. The highest BCUT2D eigenvalue weighted by molar-refractivity contribution is 5.50. The van der Waals surface area contributed by atoms with Crippen molar-refractivity contribution in [2.45, 2.75) is 37.8 Å². The van der Waals surface area contributed by atoms with Crippen molar-refractivity contribution >= 4 is 11.4 Å². The average molecular weight is 379 g/mol. The number of hydrogen-bond acceptors (Lipinski definition) is 5. The Kier molecular flexibility index (Phi) is 5.08. The van der Waals surface area contributed by atoms with E-state index in [9.17, 15) is 0 Å². The van der Waals surface area contributed by atoms with Crippen molar-refractivity contribution in [2.24, 2.45) is 5.92 Å². The van der Waals surface area contributed by atoms with Crippen molar-refractivity contribution in [3.63, 3.8) is 0 Å². The van der Waals surface area contributed by atoms with Crippen molar-refractivity contribution in [3.05, 3.63) is 48.8 Å². The second kappa shape index (κ2) is 8.00. The smallest absolute Gasteiger partial charge is 0.140 e. The maximum absolute atomic E-state index is 6.35. The van der Waals surface area contributed by atoms with Gasteiger partial charge in [0.2, 0.25) is 0 Å². The summed E-state index contributed by atoms with van der Waals surface area (Å²) < 4.78 is 6.35. The lowest BCUT2D eigenvalue weighted by Gasteiger charge is -2.38.